The molecule has 0 amide bonds. The molecule has 5 aromatic heterocycles. The van der Waals surface area contributed by atoms with Crippen LogP contribution in [-0.4, -0.2) is 29.1 Å². The number of para-hydroxylation sites is 2. The maximum Gasteiger partial charge on any atom is 0.137 e. The lowest BCUT2D eigenvalue weighted by molar-refractivity contribution is 0.479. The molecule has 0 bridgehead atoms. The topological polar surface area (TPSA) is 79.9 Å². The number of pyridine rings is 2. The first-order chi connectivity index (χ1) is 31.2. The van der Waals surface area contributed by atoms with Crippen LogP contribution >= 0.6 is 0 Å². The Morgan fingerprint density at radius 1 is 0.391 bits per heavy atom. The van der Waals surface area contributed by atoms with E-state index in [-0.39, 0.29) is 0 Å². The second kappa shape index (κ2) is 15.4. The van der Waals surface area contributed by atoms with Gasteiger partial charge in [-0.25, -0.2) is 9.97 Å². The number of hydrogen-bond donors (Lipinski definition) is 0. The first kappa shape index (κ1) is 38.8. The Labute approximate surface area is 371 Å². The number of benzene rings is 6. The van der Waals surface area contributed by atoms with E-state index in [2.05, 4.69) is 160 Å². The van der Waals surface area contributed by atoms with Gasteiger partial charge in [0, 0.05) is 57.2 Å². The zero-order chi connectivity index (χ0) is 43.6. The molecule has 0 saturated heterocycles. The van der Waals surface area contributed by atoms with Crippen LogP contribution in [0.4, 0.5) is 0 Å². The molecule has 11 rings (SSSR count). The van der Waals surface area contributed by atoms with E-state index in [1.165, 1.54) is 10.8 Å². The number of aromatic nitrogens is 6. The van der Waals surface area contributed by atoms with Crippen LogP contribution in [0.5, 0.6) is 23.0 Å². The fourth-order valence-electron chi connectivity index (χ4n) is 8.85. The number of ether oxygens (including phenoxy) is 2. The van der Waals surface area contributed by atoms with Crippen molar-refractivity contribution in [2.75, 3.05) is 0 Å². The van der Waals surface area contributed by atoms with E-state index in [9.17, 15) is 0 Å². The first-order valence-corrected chi connectivity index (χ1v) is 21.5. The lowest BCUT2D eigenvalue weighted by Crippen LogP contribution is -1.98. The molecule has 0 spiro atoms. The van der Waals surface area contributed by atoms with Crippen molar-refractivity contribution in [1.82, 2.24) is 29.1 Å². The van der Waals surface area contributed by atoms with Crippen LogP contribution < -0.4 is 9.47 Å². The van der Waals surface area contributed by atoms with Crippen LogP contribution in [0, 0.1) is 41.5 Å². The van der Waals surface area contributed by atoms with Gasteiger partial charge in [-0.05, 0) is 160 Å². The Bertz CT molecular complexity index is 3400. The van der Waals surface area contributed by atoms with Crippen molar-refractivity contribution in [1.29, 1.82) is 0 Å². The third-order valence-electron chi connectivity index (χ3n) is 12.5. The lowest BCUT2D eigenvalue weighted by atomic mass is 10.0. The van der Waals surface area contributed by atoms with Gasteiger partial charge in [0.05, 0.1) is 45.8 Å². The van der Waals surface area contributed by atoms with Gasteiger partial charge in [0.15, 0.2) is 0 Å². The molecule has 0 aliphatic rings. The third-order valence-corrected chi connectivity index (χ3v) is 12.5. The lowest BCUT2D eigenvalue weighted by Gasteiger charge is -2.15. The second-order valence-corrected chi connectivity index (χ2v) is 16.8. The van der Waals surface area contributed by atoms with E-state index >= 15 is 0 Å². The molecule has 0 aliphatic carbocycles. The smallest absolute Gasteiger partial charge is 0.137 e. The van der Waals surface area contributed by atoms with Crippen molar-refractivity contribution in [2.24, 2.45) is 0 Å². The fourth-order valence-corrected chi connectivity index (χ4v) is 8.85. The SMILES string of the molecule is Cc1ccnc(-n2c3ccccc3c3ccc(Oc4cc(-c5cnc(-c6cc(C)c(C)c(Oc7ccc8c9ccccc9n(-c9cc(C)ccn9)c8c7)c6)cn5)cc(C)c4C)cc32)c1. The largest absolute Gasteiger partial charge is 0.457 e. The van der Waals surface area contributed by atoms with Gasteiger partial charge in [-0.3, -0.25) is 19.1 Å². The molecule has 310 valence electrons. The van der Waals surface area contributed by atoms with Gasteiger partial charge in [0.25, 0.3) is 0 Å². The van der Waals surface area contributed by atoms with Gasteiger partial charge >= 0.3 is 0 Å². The van der Waals surface area contributed by atoms with Crippen molar-refractivity contribution in [3.05, 3.63) is 192 Å². The summed E-state index contributed by atoms with van der Waals surface area (Å²) < 4.78 is 17.9. The van der Waals surface area contributed by atoms with Crippen LogP contribution in [0.15, 0.2) is 158 Å². The molecule has 0 atom stereocenters. The van der Waals surface area contributed by atoms with E-state index in [0.29, 0.717) is 0 Å². The van der Waals surface area contributed by atoms with E-state index in [0.717, 1.165) is 123 Å². The van der Waals surface area contributed by atoms with Crippen LogP contribution in [0.2, 0.25) is 0 Å². The Morgan fingerprint density at radius 2 is 0.812 bits per heavy atom. The monoisotopic (exact) mass is 832 g/mol. The summed E-state index contributed by atoms with van der Waals surface area (Å²) in [5.41, 5.74) is 14.2. The van der Waals surface area contributed by atoms with Crippen LogP contribution in [0.25, 0.3) is 77.8 Å². The zero-order valence-corrected chi connectivity index (χ0v) is 36.5. The normalized spacial score (nSPS) is 11.6. The fraction of sp³-hybridized carbons (Fsp3) is 0.107. The molecule has 6 aromatic carbocycles. The molecule has 8 nitrogen and oxygen atoms in total. The summed E-state index contributed by atoms with van der Waals surface area (Å²) in [7, 11) is 0. The van der Waals surface area contributed by atoms with Crippen molar-refractivity contribution in [3.8, 4) is 57.1 Å². The number of fused-ring (bicyclic) bond motifs is 6. The van der Waals surface area contributed by atoms with Crippen LogP contribution in [-0.2, 0) is 0 Å². The maximum atomic E-state index is 6.72. The van der Waals surface area contributed by atoms with E-state index in [1.54, 1.807) is 0 Å². The maximum absolute atomic E-state index is 6.72. The minimum absolute atomic E-state index is 0.739. The Hall–Kier alpha value is -8.10. The van der Waals surface area contributed by atoms with Crippen molar-refractivity contribution in [2.45, 2.75) is 41.5 Å². The average molecular weight is 833 g/mol. The second-order valence-electron chi connectivity index (χ2n) is 16.8. The predicted molar refractivity (Wildman–Crippen MR) is 259 cm³/mol. The van der Waals surface area contributed by atoms with Gasteiger partial charge in [-0.2, -0.15) is 0 Å². The summed E-state index contributed by atoms with van der Waals surface area (Å²) in [6.45, 7) is 12.6. The molecule has 0 radical (unpaired) electrons. The van der Waals surface area contributed by atoms with Crippen molar-refractivity contribution in [3.63, 3.8) is 0 Å². The number of rotatable bonds is 8. The molecule has 64 heavy (non-hydrogen) atoms. The number of nitrogens with zero attached hydrogens (tertiary/aromatic N) is 6. The molecular formula is C56H44N6O2. The summed E-state index contributed by atoms with van der Waals surface area (Å²) in [6.07, 6.45) is 7.40. The third kappa shape index (κ3) is 6.71. The summed E-state index contributed by atoms with van der Waals surface area (Å²) >= 11 is 0. The summed E-state index contributed by atoms with van der Waals surface area (Å²) in [6, 6.07) is 46.1. The summed E-state index contributed by atoms with van der Waals surface area (Å²) in [5.74, 6) is 4.76. The highest BCUT2D eigenvalue weighted by atomic mass is 16.5. The predicted octanol–water partition coefficient (Wildman–Crippen LogP) is 14.2. The van der Waals surface area contributed by atoms with Gasteiger partial charge < -0.3 is 9.47 Å². The molecule has 0 N–H and O–H groups in total. The number of aryl methyl sites for hydroxylation is 4. The molecule has 0 fully saturated rings. The van der Waals surface area contributed by atoms with Gasteiger partial charge in [0.2, 0.25) is 0 Å². The van der Waals surface area contributed by atoms with Crippen LogP contribution in [0.3, 0.4) is 0 Å². The highest BCUT2D eigenvalue weighted by Gasteiger charge is 2.18. The average Bonchev–Trinajstić information content (AvgIpc) is 3.81. The van der Waals surface area contributed by atoms with Crippen LogP contribution in [0.1, 0.15) is 33.4 Å². The van der Waals surface area contributed by atoms with E-state index in [1.807, 2.05) is 49.1 Å². The zero-order valence-electron chi connectivity index (χ0n) is 36.5. The summed E-state index contributed by atoms with van der Waals surface area (Å²) in [4.78, 5) is 19.4. The molecule has 0 saturated carbocycles. The highest BCUT2D eigenvalue weighted by molar-refractivity contribution is 6.10. The quantitative estimate of drug-likeness (QED) is 0.152. The first-order valence-electron chi connectivity index (χ1n) is 21.5. The minimum atomic E-state index is 0.739. The Kier molecular flexibility index (Phi) is 9.31. The Morgan fingerprint density at radius 3 is 1.23 bits per heavy atom. The van der Waals surface area contributed by atoms with Gasteiger partial charge in [-0.1, -0.05) is 36.4 Å². The van der Waals surface area contributed by atoms with E-state index in [4.69, 9.17) is 29.4 Å². The summed E-state index contributed by atoms with van der Waals surface area (Å²) in [5, 5.41) is 4.62. The molecule has 5 heterocycles. The molecule has 8 heteroatoms. The van der Waals surface area contributed by atoms with E-state index < -0.39 is 0 Å². The molecule has 0 aliphatic heterocycles. The van der Waals surface area contributed by atoms with Crippen molar-refractivity contribution < 1.29 is 9.47 Å². The minimum Gasteiger partial charge on any atom is -0.457 e. The molecule has 11 aromatic rings. The molecular weight excluding hydrogens is 789 g/mol. The molecule has 0 unspecified atom stereocenters. The van der Waals surface area contributed by atoms with Gasteiger partial charge in [0.1, 0.15) is 34.6 Å². The number of hydrogen-bond acceptors (Lipinski definition) is 6. The Balaban J connectivity index is 0.898. The highest BCUT2D eigenvalue weighted by Crippen LogP contribution is 2.40. The van der Waals surface area contributed by atoms with Crippen molar-refractivity contribution >= 4 is 43.6 Å². The van der Waals surface area contributed by atoms with Gasteiger partial charge in [-0.15, -0.1) is 0 Å². The standard InChI is InChI=1S/C56H44N6O2/c1-33-19-21-57-55(23-33)61-49-13-9-7-11-43(49)45-17-15-41(29-51(45)61)63-53-27-39(25-35(3)37(53)5)47-31-60-48(32-59-47)40-26-36(4)38(6)54(28-40)64-42-16-18-46-44-12-8-10-14-50(44)62(52(46)30-42)56-24-34(2)20-22-58-56/h7-32H,1-6H3.